The number of hydrogen-bond donors (Lipinski definition) is 2. The smallest absolute Gasteiger partial charge is 0.408 e. The number of aliphatic hydroxyl groups is 1. The minimum absolute atomic E-state index is 0.159. The summed E-state index contributed by atoms with van der Waals surface area (Å²) < 4.78 is 49.0. The fourth-order valence-electron chi connectivity index (χ4n) is 2.27. The lowest BCUT2D eigenvalue weighted by Gasteiger charge is -2.29. The Morgan fingerprint density at radius 2 is 1.85 bits per heavy atom. The zero-order valence-corrected chi connectivity index (χ0v) is 15.7. The minimum Gasteiger partial charge on any atom is -0.444 e. The van der Waals surface area contributed by atoms with Crippen LogP contribution in [0, 0.1) is 17.7 Å². The predicted molar refractivity (Wildman–Crippen MR) is 92.2 cm³/mol. The van der Waals surface area contributed by atoms with Crippen molar-refractivity contribution < 1.29 is 27.8 Å². The van der Waals surface area contributed by atoms with Crippen molar-refractivity contribution in [2.24, 2.45) is 0 Å². The molecule has 7 heteroatoms. The summed E-state index contributed by atoms with van der Waals surface area (Å²) in [7, 11) is 0. The summed E-state index contributed by atoms with van der Waals surface area (Å²) in [5, 5.41) is 12.3. The summed E-state index contributed by atoms with van der Waals surface area (Å²) in [6, 6.07) is 2.45. The topological polar surface area (TPSA) is 58.6 Å². The molecule has 26 heavy (non-hydrogen) atoms. The molecule has 0 saturated carbocycles. The Bertz CT molecular complexity index is 728. The Balaban J connectivity index is 3.20. The molecule has 1 unspecified atom stereocenters. The molecule has 144 valence electrons. The standard InChI is InChI=1S/C19H24F3NO3/c1-7-11-18(6,25)19(21,22)14-10-8-9-13(15(14)20)12(2)23-16(24)26-17(3,4)5/h8-10,12,25H,1-6H3,(H,23,24)/t12-,18?/m1/s1. The monoisotopic (exact) mass is 371 g/mol. The van der Waals surface area contributed by atoms with Crippen LogP contribution < -0.4 is 5.32 Å². The van der Waals surface area contributed by atoms with Crippen LogP contribution in [-0.4, -0.2) is 22.4 Å². The van der Waals surface area contributed by atoms with Crippen LogP contribution >= 0.6 is 0 Å². The van der Waals surface area contributed by atoms with Crippen molar-refractivity contribution in [3.05, 3.63) is 35.1 Å². The van der Waals surface area contributed by atoms with Crippen LogP contribution in [0.15, 0.2) is 18.2 Å². The maximum absolute atomic E-state index is 14.7. The van der Waals surface area contributed by atoms with E-state index in [9.17, 15) is 23.1 Å². The van der Waals surface area contributed by atoms with E-state index in [0.717, 1.165) is 13.0 Å². The molecule has 0 spiro atoms. The highest BCUT2D eigenvalue weighted by Crippen LogP contribution is 2.41. The van der Waals surface area contributed by atoms with Gasteiger partial charge in [-0.3, -0.25) is 0 Å². The first-order chi connectivity index (χ1) is 11.7. The summed E-state index contributed by atoms with van der Waals surface area (Å²) in [5.41, 5.74) is -4.66. The molecule has 0 aromatic heterocycles. The van der Waals surface area contributed by atoms with Gasteiger partial charge in [0, 0.05) is 5.56 Å². The third-order valence-electron chi connectivity index (χ3n) is 3.55. The van der Waals surface area contributed by atoms with Gasteiger partial charge in [0.1, 0.15) is 11.4 Å². The fourth-order valence-corrected chi connectivity index (χ4v) is 2.27. The van der Waals surface area contributed by atoms with Gasteiger partial charge in [-0.25, -0.2) is 9.18 Å². The number of benzene rings is 1. The van der Waals surface area contributed by atoms with Crippen molar-refractivity contribution in [2.45, 2.75) is 64.7 Å². The molecular formula is C19H24F3NO3. The van der Waals surface area contributed by atoms with E-state index >= 15 is 0 Å². The van der Waals surface area contributed by atoms with Crippen LogP contribution in [0.5, 0.6) is 0 Å². The van der Waals surface area contributed by atoms with E-state index in [4.69, 9.17) is 4.74 Å². The van der Waals surface area contributed by atoms with Crippen LogP contribution in [0.25, 0.3) is 0 Å². The van der Waals surface area contributed by atoms with Crippen LogP contribution in [0.1, 0.15) is 58.7 Å². The Morgan fingerprint density at radius 1 is 1.27 bits per heavy atom. The summed E-state index contributed by atoms with van der Waals surface area (Å²) in [6.07, 6.45) is -0.801. The van der Waals surface area contributed by atoms with Gasteiger partial charge < -0.3 is 15.2 Å². The van der Waals surface area contributed by atoms with Crippen molar-refractivity contribution in [3.8, 4) is 11.8 Å². The Hall–Kier alpha value is -2.20. The number of alkyl halides is 2. The van der Waals surface area contributed by atoms with E-state index in [1.807, 2.05) is 5.92 Å². The predicted octanol–water partition coefficient (Wildman–Crippen LogP) is 4.28. The second kappa shape index (κ2) is 7.58. The van der Waals surface area contributed by atoms with E-state index in [-0.39, 0.29) is 5.56 Å². The quantitative estimate of drug-likeness (QED) is 0.777. The zero-order valence-electron chi connectivity index (χ0n) is 15.7. The van der Waals surface area contributed by atoms with Crippen LogP contribution in [0.2, 0.25) is 0 Å². The van der Waals surface area contributed by atoms with Gasteiger partial charge in [0.25, 0.3) is 0 Å². The lowest BCUT2D eigenvalue weighted by atomic mass is 9.89. The summed E-state index contributed by atoms with van der Waals surface area (Å²) in [5.74, 6) is -0.973. The van der Waals surface area contributed by atoms with E-state index in [0.29, 0.717) is 0 Å². The number of nitrogens with one attached hydrogen (secondary N) is 1. The van der Waals surface area contributed by atoms with Gasteiger partial charge in [-0.1, -0.05) is 18.1 Å². The molecule has 1 aromatic carbocycles. The second-order valence-electron chi connectivity index (χ2n) is 7.10. The van der Waals surface area contributed by atoms with Gasteiger partial charge >= 0.3 is 12.0 Å². The van der Waals surface area contributed by atoms with Crippen molar-refractivity contribution in [1.82, 2.24) is 5.32 Å². The number of rotatable bonds is 4. The molecular weight excluding hydrogens is 347 g/mol. The van der Waals surface area contributed by atoms with Crippen LogP contribution in [0.3, 0.4) is 0 Å². The first-order valence-electron chi connectivity index (χ1n) is 8.05. The SMILES string of the molecule is CC#CC(C)(O)C(F)(F)c1cccc([C@@H](C)NC(=O)OC(C)(C)C)c1F. The van der Waals surface area contributed by atoms with E-state index in [2.05, 4.69) is 11.2 Å². The third-order valence-corrected chi connectivity index (χ3v) is 3.55. The molecule has 1 aromatic rings. The van der Waals surface area contributed by atoms with Gasteiger partial charge in [0.15, 0.2) is 5.60 Å². The Labute approximate surface area is 151 Å². The van der Waals surface area contributed by atoms with E-state index < -0.39 is 40.6 Å². The van der Waals surface area contributed by atoms with Gasteiger partial charge in [-0.15, -0.1) is 5.92 Å². The Kier molecular flexibility index (Phi) is 6.37. The second-order valence-corrected chi connectivity index (χ2v) is 7.10. The van der Waals surface area contributed by atoms with E-state index in [1.165, 1.54) is 26.0 Å². The summed E-state index contributed by atoms with van der Waals surface area (Å²) in [6.45, 7) is 8.54. The number of carbonyl (C=O) groups is 1. The maximum Gasteiger partial charge on any atom is 0.408 e. The molecule has 1 rings (SSSR count). The number of carbonyl (C=O) groups excluding carboxylic acids is 1. The molecule has 4 nitrogen and oxygen atoms in total. The average molecular weight is 371 g/mol. The highest BCUT2D eigenvalue weighted by molar-refractivity contribution is 5.68. The minimum atomic E-state index is -3.96. The zero-order chi connectivity index (χ0) is 20.3. The number of halogens is 3. The molecule has 0 heterocycles. The van der Waals surface area contributed by atoms with Gasteiger partial charge in [-0.2, -0.15) is 8.78 Å². The fraction of sp³-hybridized carbons (Fsp3) is 0.526. The molecule has 0 aliphatic rings. The van der Waals surface area contributed by atoms with Crippen molar-refractivity contribution in [2.75, 3.05) is 0 Å². The van der Waals surface area contributed by atoms with Crippen LogP contribution in [0.4, 0.5) is 18.0 Å². The molecule has 0 radical (unpaired) electrons. The van der Waals surface area contributed by atoms with Crippen molar-refractivity contribution in [1.29, 1.82) is 0 Å². The van der Waals surface area contributed by atoms with Crippen molar-refractivity contribution >= 4 is 6.09 Å². The first-order valence-corrected chi connectivity index (χ1v) is 8.05. The highest BCUT2D eigenvalue weighted by Gasteiger charge is 2.51. The molecule has 0 aliphatic heterocycles. The molecule has 2 N–H and O–H groups in total. The molecule has 0 fully saturated rings. The average Bonchev–Trinajstić information content (AvgIpc) is 2.44. The summed E-state index contributed by atoms with van der Waals surface area (Å²) in [4.78, 5) is 11.8. The van der Waals surface area contributed by atoms with Crippen molar-refractivity contribution in [3.63, 3.8) is 0 Å². The molecule has 0 saturated heterocycles. The van der Waals surface area contributed by atoms with Gasteiger partial charge in [0.05, 0.1) is 11.6 Å². The molecule has 1 amide bonds. The van der Waals surface area contributed by atoms with Gasteiger partial charge in [0.2, 0.25) is 0 Å². The largest absolute Gasteiger partial charge is 0.444 e. The number of hydrogen-bond acceptors (Lipinski definition) is 3. The number of ether oxygens (including phenoxy) is 1. The molecule has 0 aliphatic carbocycles. The highest BCUT2D eigenvalue weighted by atomic mass is 19.3. The first kappa shape index (κ1) is 21.8. The van der Waals surface area contributed by atoms with E-state index in [1.54, 1.807) is 20.8 Å². The lowest BCUT2D eigenvalue weighted by molar-refractivity contribution is -0.148. The molecule has 0 bridgehead atoms. The maximum atomic E-state index is 14.7. The van der Waals surface area contributed by atoms with Gasteiger partial charge in [-0.05, 0) is 47.6 Å². The Morgan fingerprint density at radius 3 is 2.35 bits per heavy atom. The van der Waals surface area contributed by atoms with Crippen LogP contribution in [-0.2, 0) is 10.7 Å². The number of alkyl carbamates (subject to hydrolysis) is 1. The lowest BCUT2D eigenvalue weighted by Crippen LogP contribution is -2.43. The molecule has 2 atom stereocenters. The third kappa shape index (κ3) is 4.92. The normalized spacial score (nSPS) is 15.3. The summed E-state index contributed by atoms with van der Waals surface area (Å²) >= 11 is 0. The number of amides is 1.